The van der Waals surface area contributed by atoms with Crippen molar-refractivity contribution in [3.63, 3.8) is 0 Å². The fourth-order valence-corrected chi connectivity index (χ4v) is 3.03. The predicted molar refractivity (Wildman–Crippen MR) is 104 cm³/mol. The minimum atomic E-state index is -0.594. The lowest BCUT2D eigenvalue weighted by molar-refractivity contribution is -0.385. The van der Waals surface area contributed by atoms with Gasteiger partial charge in [0.2, 0.25) is 5.91 Å². The number of nitrogens with one attached hydrogen (secondary N) is 2. The molecule has 1 saturated heterocycles. The maximum absolute atomic E-state index is 12.0. The Hall–Kier alpha value is -2.52. The van der Waals surface area contributed by atoms with Crippen LogP contribution in [0.3, 0.4) is 0 Å². The van der Waals surface area contributed by atoms with Crippen molar-refractivity contribution >= 4 is 17.9 Å². The van der Waals surface area contributed by atoms with Crippen molar-refractivity contribution in [1.82, 2.24) is 15.5 Å². The molecule has 0 aromatic heterocycles. The summed E-state index contributed by atoms with van der Waals surface area (Å²) in [6.07, 6.45) is 4.46. The minimum Gasteiger partial charge on any atom is -0.493 e. The van der Waals surface area contributed by atoms with Gasteiger partial charge in [-0.25, -0.2) is 0 Å². The lowest BCUT2D eigenvalue weighted by Gasteiger charge is -2.33. The molecule has 9 heteroatoms. The first-order chi connectivity index (χ1) is 13.5. The number of benzene rings is 1. The molecule has 28 heavy (non-hydrogen) atoms. The number of nitrogens with zero attached hydrogens (tertiary/aromatic N) is 2. The van der Waals surface area contributed by atoms with Crippen LogP contribution in [0.15, 0.2) is 18.2 Å². The van der Waals surface area contributed by atoms with Crippen LogP contribution in [0.1, 0.15) is 42.5 Å². The van der Waals surface area contributed by atoms with E-state index in [1.165, 1.54) is 12.1 Å². The van der Waals surface area contributed by atoms with Crippen molar-refractivity contribution in [3.05, 3.63) is 33.9 Å². The van der Waals surface area contributed by atoms with Gasteiger partial charge in [0.1, 0.15) is 5.75 Å². The molecule has 2 N–H and O–H groups in total. The third kappa shape index (κ3) is 6.90. The quantitative estimate of drug-likeness (QED) is 0.255. The fourth-order valence-electron chi connectivity index (χ4n) is 3.03. The van der Waals surface area contributed by atoms with Crippen molar-refractivity contribution < 1.29 is 19.2 Å². The zero-order valence-corrected chi connectivity index (χ0v) is 16.2. The van der Waals surface area contributed by atoms with Gasteiger partial charge in [0.25, 0.3) is 5.69 Å². The Morgan fingerprint density at radius 1 is 1.39 bits per heavy atom. The van der Waals surface area contributed by atoms with Crippen molar-refractivity contribution in [2.24, 2.45) is 0 Å². The molecule has 1 aliphatic heterocycles. The molecular formula is C19H28N4O5. The molecule has 9 nitrogen and oxygen atoms in total. The maximum atomic E-state index is 12.0. The Balaban J connectivity index is 1.58. The van der Waals surface area contributed by atoms with Crippen LogP contribution in [0.4, 0.5) is 5.69 Å². The summed E-state index contributed by atoms with van der Waals surface area (Å²) in [4.78, 5) is 35.3. The molecule has 1 aromatic rings. The number of carbonyl (C=O) groups is 2. The lowest BCUT2D eigenvalue weighted by atomic mass is 10.1. The monoisotopic (exact) mass is 392 g/mol. The molecule has 0 bridgehead atoms. The van der Waals surface area contributed by atoms with E-state index in [0.717, 1.165) is 45.3 Å². The van der Waals surface area contributed by atoms with E-state index in [1.54, 1.807) is 6.07 Å². The van der Waals surface area contributed by atoms with Crippen molar-refractivity contribution in [2.45, 2.75) is 38.3 Å². The molecule has 1 unspecified atom stereocenters. The first kappa shape index (κ1) is 21.8. The van der Waals surface area contributed by atoms with Gasteiger partial charge in [-0.2, -0.15) is 0 Å². The van der Waals surface area contributed by atoms with Gasteiger partial charge in [0.05, 0.1) is 29.3 Å². The maximum Gasteiger partial charge on any atom is 0.283 e. The molecule has 0 radical (unpaired) electrons. The third-order valence-electron chi connectivity index (χ3n) is 4.73. The van der Waals surface area contributed by atoms with E-state index in [9.17, 15) is 19.7 Å². The van der Waals surface area contributed by atoms with E-state index < -0.39 is 4.92 Å². The number of carbonyl (C=O) groups excluding carboxylic acids is 2. The van der Waals surface area contributed by atoms with Crippen LogP contribution in [0.5, 0.6) is 5.75 Å². The summed E-state index contributed by atoms with van der Waals surface area (Å²) >= 11 is 0. The number of likely N-dealkylation sites (N-methyl/N-ethyl adjacent to an activating group) is 1. The van der Waals surface area contributed by atoms with E-state index in [0.29, 0.717) is 25.1 Å². The molecule has 154 valence electrons. The van der Waals surface area contributed by atoms with Gasteiger partial charge in [-0.05, 0) is 32.0 Å². The summed E-state index contributed by atoms with van der Waals surface area (Å²) in [7, 11) is 2.01. The Kier molecular flexibility index (Phi) is 8.83. The second-order valence-electron chi connectivity index (χ2n) is 6.88. The second kappa shape index (κ2) is 11.4. The first-order valence-corrected chi connectivity index (χ1v) is 9.58. The predicted octanol–water partition coefficient (Wildman–Crippen LogP) is 1.71. The van der Waals surface area contributed by atoms with Crippen LogP contribution in [0.2, 0.25) is 0 Å². The zero-order chi connectivity index (χ0) is 20.4. The number of hydrogen-bond donors (Lipinski definition) is 2. The van der Waals surface area contributed by atoms with Gasteiger partial charge in [-0.15, -0.1) is 0 Å². The summed E-state index contributed by atoms with van der Waals surface area (Å²) in [5.41, 5.74) is -0.219. The van der Waals surface area contributed by atoms with Crippen LogP contribution in [0, 0.1) is 10.1 Å². The van der Waals surface area contributed by atoms with E-state index >= 15 is 0 Å². The molecule has 1 amide bonds. The molecule has 0 aliphatic carbocycles. The highest BCUT2D eigenvalue weighted by Crippen LogP contribution is 2.23. The zero-order valence-electron chi connectivity index (χ0n) is 16.2. The standard InChI is InChI=1S/C19H28N4O5/c1-22-10-9-20-13-18(22)21-19(25)6-4-2-3-5-11-28-16-8-7-15(14-24)17(12-16)23(26)27/h7-8,12,14,18,20H,2-6,9-11,13H2,1H3,(H,21,25). The molecule has 1 atom stereocenters. The number of nitro benzene ring substituents is 1. The number of rotatable bonds is 11. The normalized spacial score (nSPS) is 17.1. The van der Waals surface area contributed by atoms with Crippen LogP contribution < -0.4 is 15.4 Å². The van der Waals surface area contributed by atoms with Gasteiger partial charge in [0, 0.05) is 26.1 Å². The van der Waals surface area contributed by atoms with E-state index in [1.807, 2.05) is 7.05 Å². The number of amides is 1. The third-order valence-corrected chi connectivity index (χ3v) is 4.73. The topological polar surface area (TPSA) is 114 Å². The molecule has 0 saturated carbocycles. The molecule has 0 spiro atoms. The SMILES string of the molecule is CN1CCNCC1NC(=O)CCCCCCOc1ccc(C=O)c([N+](=O)[O-])c1. The Morgan fingerprint density at radius 3 is 2.89 bits per heavy atom. The van der Waals surface area contributed by atoms with Crippen LogP contribution in [-0.2, 0) is 4.79 Å². The van der Waals surface area contributed by atoms with Crippen molar-refractivity contribution in [1.29, 1.82) is 0 Å². The van der Waals surface area contributed by atoms with E-state index in [4.69, 9.17) is 4.74 Å². The molecule has 1 aliphatic rings. The molecule has 1 heterocycles. The summed E-state index contributed by atoms with van der Waals surface area (Å²) < 4.78 is 5.52. The van der Waals surface area contributed by atoms with E-state index in [-0.39, 0.29) is 23.3 Å². The molecular weight excluding hydrogens is 364 g/mol. The Bertz CT molecular complexity index is 682. The molecule has 2 rings (SSSR count). The van der Waals surface area contributed by atoms with E-state index in [2.05, 4.69) is 15.5 Å². The number of aldehydes is 1. The largest absolute Gasteiger partial charge is 0.493 e. The number of unbranched alkanes of at least 4 members (excludes halogenated alkanes) is 3. The van der Waals surface area contributed by atoms with Gasteiger partial charge in [-0.3, -0.25) is 24.6 Å². The molecule has 1 aromatic carbocycles. The highest BCUT2D eigenvalue weighted by molar-refractivity contribution is 5.81. The number of piperazine rings is 1. The van der Waals surface area contributed by atoms with Crippen LogP contribution in [-0.4, -0.2) is 61.5 Å². The van der Waals surface area contributed by atoms with Crippen LogP contribution >= 0.6 is 0 Å². The Morgan fingerprint density at radius 2 is 2.18 bits per heavy atom. The number of ether oxygens (including phenoxy) is 1. The molecule has 1 fully saturated rings. The minimum absolute atomic E-state index is 0.0332. The van der Waals surface area contributed by atoms with Crippen molar-refractivity contribution in [2.75, 3.05) is 33.3 Å². The number of nitro groups is 1. The van der Waals surface area contributed by atoms with Crippen molar-refractivity contribution in [3.8, 4) is 5.75 Å². The Labute approximate surface area is 164 Å². The summed E-state index contributed by atoms with van der Waals surface area (Å²) in [6.45, 7) is 3.07. The highest BCUT2D eigenvalue weighted by atomic mass is 16.6. The summed E-state index contributed by atoms with van der Waals surface area (Å²) in [5, 5.41) is 17.2. The van der Waals surface area contributed by atoms with Crippen LogP contribution in [0.25, 0.3) is 0 Å². The average molecular weight is 392 g/mol. The first-order valence-electron chi connectivity index (χ1n) is 9.58. The average Bonchev–Trinajstić information content (AvgIpc) is 2.68. The summed E-state index contributed by atoms with van der Waals surface area (Å²) in [6, 6.07) is 4.21. The fraction of sp³-hybridized carbons (Fsp3) is 0.579. The summed E-state index contributed by atoms with van der Waals surface area (Å²) in [5.74, 6) is 0.446. The number of hydrogen-bond acceptors (Lipinski definition) is 7. The smallest absolute Gasteiger partial charge is 0.283 e. The van der Waals surface area contributed by atoms with Gasteiger partial charge < -0.3 is 15.4 Å². The lowest BCUT2D eigenvalue weighted by Crippen LogP contribution is -2.57. The van der Waals surface area contributed by atoms with Gasteiger partial charge in [0.15, 0.2) is 6.29 Å². The van der Waals surface area contributed by atoms with Gasteiger partial charge >= 0.3 is 0 Å². The highest BCUT2D eigenvalue weighted by Gasteiger charge is 2.19. The second-order valence-corrected chi connectivity index (χ2v) is 6.88. The van der Waals surface area contributed by atoms with Gasteiger partial charge in [-0.1, -0.05) is 12.8 Å².